The van der Waals surface area contributed by atoms with Crippen molar-refractivity contribution in [3.8, 4) is 5.75 Å². The normalized spacial score (nSPS) is 16.4. The fourth-order valence-electron chi connectivity index (χ4n) is 2.87. The van der Waals surface area contributed by atoms with Crippen LogP contribution in [0.1, 0.15) is 23.2 Å². The van der Waals surface area contributed by atoms with E-state index in [-0.39, 0.29) is 22.4 Å². The molecule has 1 aliphatic heterocycles. The minimum absolute atomic E-state index is 0.0322. The molecule has 27 heavy (non-hydrogen) atoms. The van der Waals surface area contributed by atoms with E-state index < -0.39 is 11.7 Å². The van der Waals surface area contributed by atoms with Gasteiger partial charge in [0.1, 0.15) is 18.2 Å². The van der Waals surface area contributed by atoms with Crippen LogP contribution >= 0.6 is 35.1 Å². The molecule has 6 nitrogen and oxygen atoms in total. The molecule has 0 saturated carbocycles. The highest BCUT2D eigenvalue weighted by Crippen LogP contribution is 2.30. The summed E-state index contributed by atoms with van der Waals surface area (Å²) in [7, 11) is 0. The molecule has 2 aromatic rings. The van der Waals surface area contributed by atoms with Crippen LogP contribution < -0.4 is 14.4 Å². The number of ether oxygens (including phenoxy) is 1. The molecule has 144 valence electrons. The average Bonchev–Trinajstić information content (AvgIpc) is 3.11. The van der Waals surface area contributed by atoms with Crippen molar-refractivity contribution < 1.29 is 13.9 Å². The first-order chi connectivity index (χ1) is 13.0. The van der Waals surface area contributed by atoms with E-state index in [1.54, 1.807) is 18.6 Å². The summed E-state index contributed by atoms with van der Waals surface area (Å²) in [5.74, 6) is -0.467. The Kier molecular flexibility index (Phi) is 6.62. The molecule has 1 fully saturated rings. The number of amides is 1. The molecule has 1 aliphatic rings. The van der Waals surface area contributed by atoms with Crippen LogP contribution in [0.3, 0.4) is 0 Å². The first-order valence-corrected chi connectivity index (χ1v) is 10.2. The van der Waals surface area contributed by atoms with Crippen molar-refractivity contribution in [1.82, 2.24) is 14.7 Å². The van der Waals surface area contributed by atoms with Crippen LogP contribution in [0.2, 0.25) is 10.0 Å². The molecular formula is C17H17Cl2FN4O2S. The first kappa shape index (κ1) is 20.0. The Bertz CT molecular complexity index is 825. The van der Waals surface area contributed by atoms with Gasteiger partial charge in [-0.25, -0.2) is 14.4 Å². The van der Waals surface area contributed by atoms with E-state index in [9.17, 15) is 9.18 Å². The molecule has 0 bridgehead atoms. The van der Waals surface area contributed by atoms with Crippen LogP contribution in [0, 0.1) is 5.82 Å². The van der Waals surface area contributed by atoms with Crippen LogP contribution in [0.5, 0.6) is 5.75 Å². The predicted octanol–water partition coefficient (Wildman–Crippen LogP) is 3.98. The average molecular weight is 431 g/mol. The van der Waals surface area contributed by atoms with E-state index in [1.165, 1.54) is 6.07 Å². The van der Waals surface area contributed by atoms with Crippen LogP contribution in [0.4, 0.5) is 10.3 Å². The first-order valence-electron chi connectivity index (χ1n) is 8.19. The summed E-state index contributed by atoms with van der Waals surface area (Å²) in [6.45, 7) is 1.09. The lowest BCUT2D eigenvalue weighted by Gasteiger charge is -2.24. The van der Waals surface area contributed by atoms with Crippen molar-refractivity contribution in [2.75, 3.05) is 24.3 Å². The van der Waals surface area contributed by atoms with Gasteiger partial charge in [-0.15, -0.1) is 0 Å². The standard InChI is InChI=1S/C17H17Cl2FN4O2S/c1-27-23-16(25)12-5-13(19)15(6-14(12)20)26-9-11-3-2-4-24(11)17-21-7-10(18)8-22-17/h5-8,11H,2-4,9H2,1H3,(H,23,25). The van der Waals surface area contributed by atoms with Crippen molar-refractivity contribution in [2.24, 2.45) is 0 Å². The molecule has 1 aromatic carbocycles. The lowest BCUT2D eigenvalue weighted by molar-refractivity contribution is 0.0980. The van der Waals surface area contributed by atoms with Crippen molar-refractivity contribution in [1.29, 1.82) is 0 Å². The van der Waals surface area contributed by atoms with Crippen LogP contribution in [0.25, 0.3) is 0 Å². The van der Waals surface area contributed by atoms with Gasteiger partial charge in [-0.2, -0.15) is 0 Å². The summed E-state index contributed by atoms with van der Waals surface area (Å²) in [4.78, 5) is 22.3. The number of halogens is 3. The van der Waals surface area contributed by atoms with Crippen LogP contribution in [0.15, 0.2) is 24.5 Å². The fraction of sp³-hybridized carbons (Fsp3) is 0.353. The summed E-state index contributed by atoms with van der Waals surface area (Å²) < 4.78 is 22.4. The Balaban J connectivity index is 1.69. The molecule has 0 radical (unpaired) electrons. The van der Waals surface area contributed by atoms with E-state index >= 15 is 0 Å². The predicted molar refractivity (Wildman–Crippen MR) is 105 cm³/mol. The lowest BCUT2D eigenvalue weighted by atomic mass is 10.2. The van der Waals surface area contributed by atoms with Gasteiger partial charge in [0.25, 0.3) is 5.91 Å². The summed E-state index contributed by atoms with van der Waals surface area (Å²) in [6, 6.07) is 2.44. The Morgan fingerprint density at radius 2 is 2.15 bits per heavy atom. The number of rotatable bonds is 6. The van der Waals surface area contributed by atoms with Gasteiger partial charge in [-0.1, -0.05) is 35.1 Å². The molecule has 1 atom stereocenters. The van der Waals surface area contributed by atoms with Crippen LogP contribution in [-0.2, 0) is 0 Å². The van der Waals surface area contributed by atoms with Gasteiger partial charge in [-0.05, 0) is 18.9 Å². The molecular weight excluding hydrogens is 414 g/mol. The maximum atomic E-state index is 14.2. The molecule has 1 N–H and O–H groups in total. The summed E-state index contributed by atoms with van der Waals surface area (Å²) in [5, 5.41) is 0.647. The highest BCUT2D eigenvalue weighted by Gasteiger charge is 2.27. The zero-order chi connectivity index (χ0) is 19.4. The highest BCUT2D eigenvalue weighted by atomic mass is 35.5. The molecule has 1 unspecified atom stereocenters. The van der Waals surface area contributed by atoms with Crippen molar-refractivity contribution in [3.05, 3.63) is 46.0 Å². The number of aromatic nitrogens is 2. The van der Waals surface area contributed by atoms with Gasteiger partial charge in [-0.3, -0.25) is 9.52 Å². The molecule has 10 heteroatoms. The quantitative estimate of drug-likeness (QED) is 0.699. The number of hydrogen-bond donors (Lipinski definition) is 1. The maximum absolute atomic E-state index is 14.2. The Labute approximate surface area is 170 Å². The summed E-state index contributed by atoms with van der Waals surface area (Å²) in [5.41, 5.74) is -0.126. The van der Waals surface area contributed by atoms with Gasteiger partial charge in [0, 0.05) is 18.9 Å². The number of nitrogens with one attached hydrogen (secondary N) is 1. The zero-order valence-corrected chi connectivity index (χ0v) is 16.7. The number of anilines is 1. The third-order valence-corrected chi connectivity index (χ3v) is 5.01. The van der Waals surface area contributed by atoms with Gasteiger partial charge >= 0.3 is 0 Å². The number of nitrogens with zero attached hydrogens (tertiary/aromatic N) is 3. The Morgan fingerprint density at radius 3 is 2.85 bits per heavy atom. The number of hydrogen-bond acceptors (Lipinski definition) is 6. The van der Waals surface area contributed by atoms with E-state index in [2.05, 4.69) is 14.7 Å². The van der Waals surface area contributed by atoms with E-state index in [0.29, 0.717) is 17.6 Å². The Hall–Kier alpha value is -1.77. The van der Waals surface area contributed by atoms with Crippen molar-refractivity contribution in [3.63, 3.8) is 0 Å². The molecule has 1 aromatic heterocycles. The van der Waals surface area contributed by atoms with Crippen molar-refractivity contribution >= 4 is 47.0 Å². The molecule has 2 heterocycles. The van der Waals surface area contributed by atoms with Crippen LogP contribution in [-0.4, -0.2) is 41.3 Å². The van der Waals surface area contributed by atoms with Crippen molar-refractivity contribution in [2.45, 2.75) is 18.9 Å². The summed E-state index contributed by atoms with van der Waals surface area (Å²) >= 11 is 13.1. The van der Waals surface area contributed by atoms with E-state index in [1.807, 2.05) is 4.90 Å². The number of benzene rings is 1. The van der Waals surface area contributed by atoms with Gasteiger partial charge < -0.3 is 9.64 Å². The minimum Gasteiger partial charge on any atom is -0.490 e. The lowest BCUT2D eigenvalue weighted by Crippen LogP contribution is -2.35. The highest BCUT2D eigenvalue weighted by molar-refractivity contribution is 7.97. The largest absolute Gasteiger partial charge is 0.490 e. The summed E-state index contributed by atoms with van der Waals surface area (Å²) in [6.07, 6.45) is 6.62. The number of carbonyl (C=O) groups excluding carboxylic acids is 1. The second-order valence-corrected chi connectivity index (χ2v) is 7.36. The second kappa shape index (κ2) is 8.95. The molecule has 0 spiro atoms. The SMILES string of the molecule is CSNC(=O)c1cc(Cl)c(OCC2CCCN2c2ncc(Cl)cn2)cc1F. The maximum Gasteiger partial charge on any atom is 0.264 e. The zero-order valence-electron chi connectivity index (χ0n) is 14.4. The second-order valence-electron chi connectivity index (χ2n) is 5.90. The topological polar surface area (TPSA) is 67.3 Å². The van der Waals surface area contributed by atoms with Gasteiger partial charge in [0.15, 0.2) is 0 Å². The Morgan fingerprint density at radius 1 is 1.41 bits per heavy atom. The van der Waals surface area contributed by atoms with E-state index in [4.69, 9.17) is 27.9 Å². The smallest absolute Gasteiger partial charge is 0.264 e. The third kappa shape index (κ3) is 4.75. The fourth-order valence-corrected chi connectivity index (χ4v) is 3.48. The minimum atomic E-state index is -0.690. The molecule has 0 aliphatic carbocycles. The van der Waals surface area contributed by atoms with Gasteiger partial charge in [0.05, 0.1) is 34.0 Å². The van der Waals surface area contributed by atoms with E-state index in [0.717, 1.165) is 37.4 Å². The molecule has 1 saturated heterocycles. The molecule has 1 amide bonds. The molecule has 3 rings (SSSR count). The monoisotopic (exact) mass is 430 g/mol. The third-order valence-electron chi connectivity index (χ3n) is 4.13. The number of carbonyl (C=O) groups is 1. The van der Waals surface area contributed by atoms with Gasteiger partial charge in [0.2, 0.25) is 5.95 Å².